The number of anilines is 1. The van der Waals surface area contributed by atoms with Crippen molar-refractivity contribution in [3.63, 3.8) is 0 Å². The maximum atomic E-state index is 13.1. The summed E-state index contributed by atoms with van der Waals surface area (Å²) in [5, 5.41) is 1.04. The van der Waals surface area contributed by atoms with Crippen LogP contribution in [0.2, 0.25) is 0 Å². The molecule has 2 aliphatic heterocycles. The Hall–Kier alpha value is -2.42. The molecular formula is C25H33N3O5. The van der Waals surface area contributed by atoms with E-state index in [0.717, 1.165) is 68.5 Å². The molecule has 4 atom stereocenters. The third kappa shape index (κ3) is 3.84. The molecule has 6 rings (SSSR count). The SMILES string of the molecule is COc1ccccc1N1CCN(CCCON2C(=O)C3C(C2=O)[C@]2(OC)C=C[C@H]3CC2)CC1. The van der Waals surface area contributed by atoms with Gasteiger partial charge in [-0.2, -0.15) is 5.06 Å². The minimum absolute atomic E-state index is 0.108. The lowest BCUT2D eigenvalue weighted by Crippen LogP contribution is -2.52. The Labute approximate surface area is 195 Å². The summed E-state index contributed by atoms with van der Waals surface area (Å²) in [6.45, 7) is 4.99. The number of hydroxylamine groups is 2. The number of benzene rings is 1. The molecule has 0 N–H and O–H groups in total. The van der Waals surface area contributed by atoms with Gasteiger partial charge in [-0.25, -0.2) is 0 Å². The lowest BCUT2D eigenvalue weighted by Gasteiger charge is -2.46. The number of carbonyl (C=O) groups is 2. The van der Waals surface area contributed by atoms with Crippen LogP contribution in [0.3, 0.4) is 0 Å². The molecule has 33 heavy (non-hydrogen) atoms. The van der Waals surface area contributed by atoms with Crippen LogP contribution < -0.4 is 9.64 Å². The molecule has 2 unspecified atom stereocenters. The standard InChI is InChI=1S/C25H33N3O5/c1-31-20-7-4-3-6-19(20)27-15-13-26(14-16-27)12-5-17-33-28-23(29)21-18-8-10-25(32-2,11-9-18)22(21)24(28)30/h3-4,6-8,10,18,21-22H,5,9,11-17H2,1-2H3/t18-,21?,22?,25-/m0/s1. The lowest BCUT2D eigenvalue weighted by atomic mass is 9.60. The molecule has 5 aliphatic rings. The van der Waals surface area contributed by atoms with Gasteiger partial charge in [0, 0.05) is 39.8 Å². The second-order valence-electron chi connectivity index (χ2n) is 9.38. The number of amides is 2. The van der Waals surface area contributed by atoms with E-state index in [4.69, 9.17) is 14.3 Å². The van der Waals surface area contributed by atoms with Crippen LogP contribution in [0.5, 0.6) is 5.75 Å². The van der Waals surface area contributed by atoms with Crippen molar-refractivity contribution in [3.05, 3.63) is 36.4 Å². The molecule has 2 heterocycles. The fourth-order valence-corrected chi connectivity index (χ4v) is 6.00. The maximum absolute atomic E-state index is 13.1. The Morgan fingerprint density at radius 1 is 1.06 bits per heavy atom. The topological polar surface area (TPSA) is 71.5 Å². The molecule has 1 saturated carbocycles. The van der Waals surface area contributed by atoms with Crippen molar-refractivity contribution < 1.29 is 23.9 Å². The number of imide groups is 1. The largest absolute Gasteiger partial charge is 0.495 e. The molecule has 2 bridgehead atoms. The van der Waals surface area contributed by atoms with Gasteiger partial charge >= 0.3 is 0 Å². The van der Waals surface area contributed by atoms with Crippen molar-refractivity contribution in [2.45, 2.75) is 24.9 Å². The minimum Gasteiger partial charge on any atom is -0.495 e. The molecule has 1 aromatic rings. The van der Waals surface area contributed by atoms with Crippen LogP contribution in [0.25, 0.3) is 0 Å². The second kappa shape index (κ2) is 9.08. The first-order valence-corrected chi connectivity index (χ1v) is 11.9. The Balaban J connectivity index is 1.10. The van der Waals surface area contributed by atoms with E-state index in [-0.39, 0.29) is 23.7 Å². The Kier molecular flexibility index (Phi) is 6.16. The molecule has 1 aromatic carbocycles. The van der Waals surface area contributed by atoms with Crippen molar-refractivity contribution in [2.75, 3.05) is 58.5 Å². The summed E-state index contributed by atoms with van der Waals surface area (Å²) in [7, 11) is 3.33. The van der Waals surface area contributed by atoms with Crippen LogP contribution in [0.1, 0.15) is 19.3 Å². The highest BCUT2D eigenvalue weighted by atomic mass is 16.7. The number of methoxy groups -OCH3 is 2. The van der Waals surface area contributed by atoms with Gasteiger partial charge in [0.05, 0.1) is 36.8 Å². The fraction of sp³-hybridized carbons (Fsp3) is 0.600. The van der Waals surface area contributed by atoms with Crippen LogP contribution in [-0.2, 0) is 19.2 Å². The highest BCUT2D eigenvalue weighted by molar-refractivity contribution is 6.05. The molecule has 3 fully saturated rings. The van der Waals surface area contributed by atoms with E-state index in [2.05, 4.69) is 15.9 Å². The summed E-state index contributed by atoms with van der Waals surface area (Å²) in [6.07, 6.45) is 6.45. The number of ether oxygens (including phenoxy) is 2. The van der Waals surface area contributed by atoms with Crippen molar-refractivity contribution in [1.82, 2.24) is 9.96 Å². The van der Waals surface area contributed by atoms with Gasteiger partial charge in [0.2, 0.25) is 0 Å². The van der Waals surface area contributed by atoms with Gasteiger partial charge in [0.25, 0.3) is 11.8 Å². The first kappa shape index (κ1) is 22.4. The third-order valence-corrected chi connectivity index (χ3v) is 7.81. The highest BCUT2D eigenvalue weighted by Gasteiger charge is 2.63. The van der Waals surface area contributed by atoms with Gasteiger partial charge in [-0.3, -0.25) is 19.3 Å². The van der Waals surface area contributed by atoms with Crippen LogP contribution in [0.4, 0.5) is 5.69 Å². The number of fused-ring (bicyclic) bond motifs is 1. The highest BCUT2D eigenvalue weighted by Crippen LogP contribution is 2.53. The van der Waals surface area contributed by atoms with Crippen LogP contribution in [0.15, 0.2) is 36.4 Å². The molecule has 2 amide bonds. The number of rotatable bonds is 8. The first-order chi connectivity index (χ1) is 16.1. The molecule has 0 aromatic heterocycles. The van der Waals surface area contributed by atoms with Gasteiger partial charge in [-0.1, -0.05) is 24.3 Å². The van der Waals surface area contributed by atoms with Gasteiger partial charge < -0.3 is 14.4 Å². The predicted molar refractivity (Wildman–Crippen MR) is 123 cm³/mol. The molecule has 0 radical (unpaired) electrons. The number of allylic oxidation sites excluding steroid dienone is 1. The van der Waals surface area contributed by atoms with Crippen LogP contribution in [0, 0.1) is 17.8 Å². The van der Waals surface area contributed by atoms with E-state index in [0.29, 0.717) is 6.61 Å². The van der Waals surface area contributed by atoms with Gasteiger partial charge in [0.15, 0.2) is 0 Å². The lowest BCUT2D eigenvalue weighted by molar-refractivity contribution is -0.191. The molecule has 178 valence electrons. The van der Waals surface area contributed by atoms with Crippen LogP contribution in [-0.4, -0.2) is 80.9 Å². The summed E-state index contributed by atoms with van der Waals surface area (Å²) < 4.78 is 11.2. The molecular weight excluding hydrogens is 422 g/mol. The van der Waals surface area contributed by atoms with Crippen LogP contribution >= 0.6 is 0 Å². The number of para-hydroxylation sites is 2. The quantitative estimate of drug-likeness (QED) is 0.338. The molecule has 8 heteroatoms. The van der Waals surface area contributed by atoms with Gasteiger partial charge in [-0.05, 0) is 37.3 Å². The predicted octanol–water partition coefficient (Wildman–Crippen LogP) is 2.11. The Morgan fingerprint density at radius 3 is 2.55 bits per heavy atom. The number of hydrogen-bond donors (Lipinski definition) is 0. The Bertz CT molecular complexity index is 928. The monoisotopic (exact) mass is 455 g/mol. The maximum Gasteiger partial charge on any atom is 0.260 e. The normalized spacial score (nSPS) is 31.4. The third-order valence-electron chi connectivity index (χ3n) is 7.81. The number of piperazine rings is 1. The summed E-state index contributed by atoms with van der Waals surface area (Å²) in [4.78, 5) is 36.5. The minimum atomic E-state index is -0.661. The van der Waals surface area contributed by atoms with E-state index in [1.165, 1.54) is 0 Å². The summed E-state index contributed by atoms with van der Waals surface area (Å²) >= 11 is 0. The van der Waals surface area contributed by atoms with Crippen molar-refractivity contribution in [3.8, 4) is 5.75 Å². The van der Waals surface area contributed by atoms with Crippen molar-refractivity contribution in [2.24, 2.45) is 17.8 Å². The number of carbonyl (C=O) groups excluding carboxylic acids is 2. The van der Waals surface area contributed by atoms with E-state index in [1.807, 2.05) is 30.4 Å². The van der Waals surface area contributed by atoms with E-state index in [9.17, 15) is 9.59 Å². The van der Waals surface area contributed by atoms with Gasteiger partial charge in [-0.15, -0.1) is 0 Å². The number of nitrogens with zero attached hydrogens (tertiary/aromatic N) is 3. The molecule has 2 saturated heterocycles. The van der Waals surface area contributed by atoms with Crippen molar-refractivity contribution in [1.29, 1.82) is 0 Å². The van der Waals surface area contributed by atoms with Crippen molar-refractivity contribution >= 4 is 17.5 Å². The van der Waals surface area contributed by atoms with E-state index < -0.39 is 11.5 Å². The zero-order valence-corrected chi connectivity index (χ0v) is 19.4. The molecule has 3 aliphatic carbocycles. The smallest absolute Gasteiger partial charge is 0.260 e. The van der Waals surface area contributed by atoms with E-state index in [1.54, 1.807) is 14.2 Å². The zero-order valence-electron chi connectivity index (χ0n) is 19.4. The average Bonchev–Trinajstić information content (AvgIpc) is 3.14. The average molecular weight is 456 g/mol. The first-order valence-electron chi connectivity index (χ1n) is 11.9. The summed E-state index contributed by atoms with van der Waals surface area (Å²) in [5.41, 5.74) is 0.471. The van der Waals surface area contributed by atoms with E-state index >= 15 is 0 Å². The molecule has 8 nitrogen and oxygen atoms in total. The van der Waals surface area contributed by atoms with Gasteiger partial charge in [0.1, 0.15) is 5.75 Å². The Morgan fingerprint density at radius 2 is 1.85 bits per heavy atom. The summed E-state index contributed by atoms with van der Waals surface area (Å²) in [5.74, 6) is -0.242. The molecule has 0 spiro atoms. The zero-order chi connectivity index (χ0) is 23.0. The fourth-order valence-electron chi connectivity index (χ4n) is 6.00. The summed E-state index contributed by atoms with van der Waals surface area (Å²) in [6, 6.07) is 8.11. The second-order valence-corrected chi connectivity index (χ2v) is 9.38. The number of hydrogen-bond acceptors (Lipinski definition) is 7.